The highest BCUT2D eigenvalue weighted by atomic mass is 35.5. The molecule has 1 radical (unpaired) electrons. The van der Waals surface area contributed by atoms with Crippen LogP contribution >= 0.6 is 11.6 Å². The molecule has 0 spiro atoms. The zero-order chi connectivity index (χ0) is 14.8. The van der Waals surface area contributed by atoms with Gasteiger partial charge in [-0.05, 0) is 18.2 Å². The van der Waals surface area contributed by atoms with Crippen LogP contribution in [0.5, 0.6) is 5.75 Å². The van der Waals surface area contributed by atoms with E-state index in [4.69, 9.17) is 16.3 Å². The maximum Gasteiger partial charge on any atom is 0.420 e. The third-order valence-corrected chi connectivity index (χ3v) is 2.63. The fourth-order valence-corrected chi connectivity index (χ4v) is 1.66. The van der Waals surface area contributed by atoms with E-state index in [0.717, 1.165) is 0 Å². The molecule has 0 amide bonds. The Bertz CT molecular complexity index is 619. The summed E-state index contributed by atoms with van der Waals surface area (Å²) in [5.41, 5.74) is -0.597. The van der Waals surface area contributed by atoms with E-state index >= 15 is 0 Å². The first-order valence-electron chi connectivity index (χ1n) is 5.32. The smallest absolute Gasteiger partial charge is 0.420 e. The lowest BCUT2D eigenvalue weighted by Gasteiger charge is -2.11. The molecule has 105 valence electrons. The molecule has 1 aromatic heterocycles. The minimum Gasteiger partial charge on any atom is -0.495 e. The highest BCUT2D eigenvalue weighted by molar-refractivity contribution is 6.30. The van der Waals surface area contributed by atoms with Crippen LogP contribution in [-0.4, -0.2) is 17.1 Å². The molecular formula is C12H8ClF3N3O. The average Bonchev–Trinajstić information content (AvgIpc) is 2.38. The van der Waals surface area contributed by atoms with E-state index in [2.05, 4.69) is 21.4 Å². The van der Waals surface area contributed by atoms with E-state index in [0.29, 0.717) is 17.6 Å². The SMILES string of the molecule is COc1c[c]ccc1Nc1ncc(C(F)(F)F)c(Cl)n1. The highest BCUT2D eigenvalue weighted by Crippen LogP contribution is 2.34. The Morgan fingerprint density at radius 2 is 2.15 bits per heavy atom. The fourth-order valence-electron chi connectivity index (χ4n) is 1.42. The zero-order valence-corrected chi connectivity index (χ0v) is 10.9. The van der Waals surface area contributed by atoms with Crippen LogP contribution in [0.15, 0.2) is 24.4 Å². The molecule has 0 bridgehead atoms. The third kappa shape index (κ3) is 3.11. The number of hydrogen-bond acceptors (Lipinski definition) is 4. The van der Waals surface area contributed by atoms with Crippen molar-refractivity contribution in [2.45, 2.75) is 6.18 Å². The lowest BCUT2D eigenvalue weighted by Crippen LogP contribution is -2.09. The van der Waals surface area contributed by atoms with Gasteiger partial charge in [0.05, 0.1) is 12.8 Å². The Kier molecular flexibility index (Phi) is 3.99. The summed E-state index contributed by atoms with van der Waals surface area (Å²) in [4.78, 5) is 7.15. The van der Waals surface area contributed by atoms with Gasteiger partial charge in [-0.2, -0.15) is 13.2 Å². The lowest BCUT2D eigenvalue weighted by molar-refractivity contribution is -0.137. The Morgan fingerprint density at radius 3 is 2.75 bits per heavy atom. The van der Waals surface area contributed by atoms with Gasteiger partial charge in [0.15, 0.2) is 0 Å². The van der Waals surface area contributed by atoms with Crippen molar-refractivity contribution in [1.82, 2.24) is 9.97 Å². The van der Waals surface area contributed by atoms with Crippen molar-refractivity contribution in [2.75, 3.05) is 12.4 Å². The predicted octanol–water partition coefficient (Wildman–Crippen LogP) is 3.70. The number of benzene rings is 1. The molecule has 1 aromatic carbocycles. The summed E-state index contributed by atoms with van der Waals surface area (Å²) < 4.78 is 42.6. The molecule has 0 aliphatic heterocycles. The van der Waals surface area contributed by atoms with Crippen molar-refractivity contribution >= 4 is 23.2 Å². The summed E-state index contributed by atoms with van der Waals surface area (Å²) in [6.45, 7) is 0. The van der Waals surface area contributed by atoms with Crippen LogP contribution in [0.4, 0.5) is 24.8 Å². The number of aromatic nitrogens is 2. The Balaban J connectivity index is 2.29. The second-order valence-electron chi connectivity index (χ2n) is 3.65. The second kappa shape index (κ2) is 5.54. The summed E-state index contributed by atoms with van der Waals surface area (Å²) in [5.74, 6) is 0.389. The van der Waals surface area contributed by atoms with E-state index in [1.807, 2.05) is 0 Å². The standard InChI is InChI=1S/C12H8ClF3N3O/c1-20-9-5-3-2-4-8(9)18-11-17-6-7(10(13)19-11)12(14,15)16/h2,4-6H,1H3,(H,17,18,19). The first kappa shape index (κ1) is 14.4. The van der Waals surface area contributed by atoms with Gasteiger partial charge < -0.3 is 10.1 Å². The van der Waals surface area contributed by atoms with Crippen molar-refractivity contribution < 1.29 is 17.9 Å². The minimum absolute atomic E-state index is 0.0625. The van der Waals surface area contributed by atoms with Gasteiger partial charge in [-0.25, -0.2) is 9.97 Å². The number of alkyl halides is 3. The van der Waals surface area contributed by atoms with E-state index in [9.17, 15) is 13.2 Å². The molecule has 0 saturated carbocycles. The lowest BCUT2D eigenvalue weighted by atomic mass is 10.3. The molecule has 1 heterocycles. The largest absolute Gasteiger partial charge is 0.495 e. The van der Waals surface area contributed by atoms with Gasteiger partial charge in [0.2, 0.25) is 5.95 Å². The maximum absolute atomic E-state index is 12.5. The number of hydrogen-bond donors (Lipinski definition) is 1. The number of anilines is 2. The summed E-state index contributed by atoms with van der Waals surface area (Å²) in [7, 11) is 1.45. The molecular weight excluding hydrogens is 295 g/mol. The monoisotopic (exact) mass is 302 g/mol. The summed E-state index contributed by atoms with van der Waals surface area (Å²) in [6.07, 6.45) is -3.96. The van der Waals surface area contributed by atoms with Crippen LogP contribution in [0, 0.1) is 6.07 Å². The number of rotatable bonds is 3. The summed E-state index contributed by atoms with van der Waals surface area (Å²) in [6, 6.07) is 7.59. The van der Waals surface area contributed by atoms with Crippen LogP contribution in [0.3, 0.4) is 0 Å². The number of nitrogens with one attached hydrogen (secondary N) is 1. The van der Waals surface area contributed by atoms with Gasteiger partial charge in [0, 0.05) is 6.20 Å². The van der Waals surface area contributed by atoms with Gasteiger partial charge in [0.1, 0.15) is 16.5 Å². The van der Waals surface area contributed by atoms with Gasteiger partial charge in [-0.3, -0.25) is 0 Å². The van der Waals surface area contributed by atoms with E-state index in [1.54, 1.807) is 18.2 Å². The van der Waals surface area contributed by atoms with E-state index < -0.39 is 16.9 Å². The number of nitrogens with zero attached hydrogens (tertiary/aromatic N) is 2. The average molecular weight is 303 g/mol. The Morgan fingerprint density at radius 1 is 1.40 bits per heavy atom. The van der Waals surface area contributed by atoms with Crippen LogP contribution in [-0.2, 0) is 6.18 Å². The van der Waals surface area contributed by atoms with Crippen LogP contribution in [0.2, 0.25) is 5.15 Å². The molecule has 4 nitrogen and oxygen atoms in total. The molecule has 1 N–H and O–H groups in total. The number of ether oxygens (including phenoxy) is 1. The normalized spacial score (nSPS) is 11.2. The Labute approximate surface area is 117 Å². The molecule has 8 heteroatoms. The van der Waals surface area contributed by atoms with Crippen LogP contribution in [0.25, 0.3) is 0 Å². The quantitative estimate of drug-likeness (QED) is 0.878. The topological polar surface area (TPSA) is 47.0 Å². The van der Waals surface area contributed by atoms with Gasteiger partial charge in [-0.15, -0.1) is 0 Å². The Hall–Kier alpha value is -2.02. The van der Waals surface area contributed by atoms with E-state index in [1.165, 1.54) is 7.11 Å². The molecule has 0 saturated heterocycles. The molecule has 0 atom stereocenters. The molecule has 0 unspecified atom stereocenters. The predicted molar refractivity (Wildman–Crippen MR) is 67.2 cm³/mol. The van der Waals surface area contributed by atoms with Crippen molar-refractivity contribution in [3.05, 3.63) is 41.2 Å². The van der Waals surface area contributed by atoms with Crippen molar-refractivity contribution in [3.63, 3.8) is 0 Å². The fraction of sp³-hybridized carbons (Fsp3) is 0.167. The molecule has 0 aliphatic carbocycles. The van der Waals surface area contributed by atoms with Gasteiger partial charge in [0.25, 0.3) is 0 Å². The summed E-state index contributed by atoms with van der Waals surface area (Å²) >= 11 is 5.51. The third-order valence-electron chi connectivity index (χ3n) is 2.34. The van der Waals surface area contributed by atoms with Crippen molar-refractivity contribution in [1.29, 1.82) is 0 Å². The number of methoxy groups -OCH3 is 1. The highest BCUT2D eigenvalue weighted by Gasteiger charge is 2.34. The van der Waals surface area contributed by atoms with Crippen molar-refractivity contribution in [3.8, 4) is 5.75 Å². The maximum atomic E-state index is 12.5. The van der Waals surface area contributed by atoms with Crippen molar-refractivity contribution in [2.24, 2.45) is 0 Å². The second-order valence-corrected chi connectivity index (χ2v) is 4.01. The molecule has 2 rings (SSSR count). The molecule has 2 aromatic rings. The van der Waals surface area contributed by atoms with Crippen LogP contribution < -0.4 is 10.1 Å². The molecule has 20 heavy (non-hydrogen) atoms. The number of halogens is 4. The van der Waals surface area contributed by atoms with E-state index in [-0.39, 0.29) is 5.95 Å². The molecule has 0 fully saturated rings. The minimum atomic E-state index is -4.59. The summed E-state index contributed by atoms with van der Waals surface area (Å²) in [5, 5.41) is 2.05. The molecule has 0 aliphatic rings. The van der Waals surface area contributed by atoms with Gasteiger partial charge >= 0.3 is 6.18 Å². The van der Waals surface area contributed by atoms with Gasteiger partial charge in [-0.1, -0.05) is 17.7 Å². The first-order valence-corrected chi connectivity index (χ1v) is 5.70. The zero-order valence-electron chi connectivity index (χ0n) is 10.1. The first-order chi connectivity index (χ1) is 9.41. The van der Waals surface area contributed by atoms with Crippen LogP contribution in [0.1, 0.15) is 5.56 Å².